The van der Waals surface area contributed by atoms with Gasteiger partial charge in [-0.05, 0) is 107 Å². The van der Waals surface area contributed by atoms with E-state index in [-0.39, 0.29) is 62.4 Å². The number of hydrogen-bond donors (Lipinski definition) is 1. The van der Waals surface area contributed by atoms with Gasteiger partial charge in [0, 0.05) is 12.0 Å². The van der Waals surface area contributed by atoms with Crippen LogP contribution in [0.4, 0.5) is 0 Å². The van der Waals surface area contributed by atoms with Gasteiger partial charge in [-0.15, -0.1) is 0 Å². The van der Waals surface area contributed by atoms with Crippen LogP contribution in [0.15, 0.2) is 0 Å². The van der Waals surface area contributed by atoms with Gasteiger partial charge < -0.3 is 29.4 Å². The van der Waals surface area contributed by atoms with Crippen molar-refractivity contribution in [3.8, 4) is 0 Å². The molecular weight excluding hydrogens is 633 g/mol. The van der Waals surface area contributed by atoms with Gasteiger partial charge in [-0.25, -0.2) is 0 Å². The minimum Gasteiger partial charge on any atom is -0.463 e. The zero-order valence-electron chi connectivity index (χ0n) is 29.1. The third-order valence-electron chi connectivity index (χ3n) is 8.25. The number of hydrogen-bond acceptors (Lipinski definition) is 7. The van der Waals surface area contributed by atoms with E-state index in [0.717, 1.165) is 32.1 Å². The molecule has 0 rings (SSSR count). The molecule has 0 aromatic carbocycles. The maximum absolute atomic E-state index is 12.5. The maximum Gasteiger partial charge on any atom is 0.309 e. The molecule has 0 amide bonds. The summed E-state index contributed by atoms with van der Waals surface area (Å²) in [5, 5.41) is 0. The molecule has 246 valence electrons. The number of carbonyl (C=O) groups is 1. The molecule has 5 unspecified atom stereocenters. The molecule has 0 fully saturated rings. The highest BCUT2D eigenvalue weighted by Crippen LogP contribution is 2.44. The molecule has 0 aliphatic carbocycles. The fourth-order valence-corrected chi connectivity index (χ4v) is 5.10. The molecule has 5 atom stereocenters. The van der Waals surface area contributed by atoms with Gasteiger partial charge >= 0.3 is 5.97 Å². The van der Waals surface area contributed by atoms with Crippen molar-refractivity contribution in [2.24, 2.45) is 27.9 Å². The van der Waals surface area contributed by atoms with Crippen LogP contribution < -0.4 is 5.73 Å². The van der Waals surface area contributed by atoms with E-state index in [1.54, 1.807) is 0 Å². The molecular formula is C33H66INO6. The first-order chi connectivity index (χ1) is 18.4. The molecule has 0 aromatic heterocycles. The van der Waals surface area contributed by atoms with E-state index in [2.05, 4.69) is 106 Å². The van der Waals surface area contributed by atoms with Gasteiger partial charge in [0.15, 0.2) is 0 Å². The molecule has 0 aliphatic rings. The minimum atomic E-state index is -0.389. The molecule has 0 saturated heterocycles. The fourth-order valence-electron chi connectivity index (χ4n) is 4.66. The van der Waals surface area contributed by atoms with Crippen LogP contribution in [-0.2, 0) is 28.5 Å². The number of ether oxygens (including phenoxy) is 5. The smallest absolute Gasteiger partial charge is 0.309 e. The van der Waals surface area contributed by atoms with E-state index in [4.69, 9.17) is 29.4 Å². The van der Waals surface area contributed by atoms with E-state index in [1.165, 1.54) is 0 Å². The Balaban J connectivity index is 4.68. The molecule has 0 saturated carbocycles. The average Bonchev–Trinajstić information content (AvgIpc) is 2.78. The Morgan fingerprint density at radius 3 is 1.90 bits per heavy atom. The third-order valence-corrected chi connectivity index (χ3v) is 10.0. The van der Waals surface area contributed by atoms with Gasteiger partial charge in [-0.3, -0.25) is 4.79 Å². The van der Waals surface area contributed by atoms with Crippen molar-refractivity contribution in [1.29, 1.82) is 0 Å². The number of alkyl halides is 1. The second kappa shape index (κ2) is 17.5. The normalized spacial score (nSPS) is 18.0. The predicted molar refractivity (Wildman–Crippen MR) is 178 cm³/mol. The number of carbonyl (C=O) groups excluding carboxylic acids is 1. The van der Waals surface area contributed by atoms with Crippen molar-refractivity contribution in [2.45, 2.75) is 157 Å². The first-order valence-corrected chi connectivity index (χ1v) is 16.7. The molecule has 0 aliphatic heterocycles. The first kappa shape index (κ1) is 41.0. The van der Waals surface area contributed by atoms with Crippen LogP contribution in [0.5, 0.6) is 0 Å². The van der Waals surface area contributed by atoms with E-state index in [0.29, 0.717) is 19.8 Å². The highest BCUT2D eigenvalue weighted by atomic mass is 127. The van der Waals surface area contributed by atoms with Crippen LogP contribution in [0.1, 0.15) is 129 Å². The highest BCUT2D eigenvalue weighted by molar-refractivity contribution is 14.1. The molecule has 0 bridgehead atoms. The molecule has 7 nitrogen and oxygen atoms in total. The Labute approximate surface area is 267 Å². The van der Waals surface area contributed by atoms with E-state index >= 15 is 0 Å². The first-order valence-electron chi connectivity index (χ1n) is 15.6. The predicted octanol–water partition coefficient (Wildman–Crippen LogP) is 8.29. The zero-order chi connectivity index (χ0) is 32.3. The number of halogens is 1. The second-order valence-corrected chi connectivity index (χ2v) is 17.2. The summed E-state index contributed by atoms with van der Waals surface area (Å²) in [6.45, 7) is 31.6. The monoisotopic (exact) mass is 699 g/mol. The molecule has 2 N–H and O–H groups in total. The van der Waals surface area contributed by atoms with Crippen molar-refractivity contribution in [3.63, 3.8) is 0 Å². The Morgan fingerprint density at radius 1 is 0.805 bits per heavy atom. The third kappa shape index (κ3) is 17.2. The van der Waals surface area contributed by atoms with Gasteiger partial charge in [0.25, 0.3) is 0 Å². The molecule has 8 heteroatoms. The molecule has 0 aromatic rings. The van der Waals surface area contributed by atoms with E-state index in [1.807, 2.05) is 13.8 Å². The lowest BCUT2D eigenvalue weighted by molar-refractivity contribution is -0.154. The van der Waals surface area contributed by atoms with Crippen molar-refractivity contribution in [3.05, 3.63) is 0 Å². The van der Waals surface area contributed by atoms with Crippen LogP contribution in [0.3, 0.4) is 0 Å². The number of nitrogens with two attached hydrogens (primary N) is 1. The Kier molecular flexibility index (Phi) is 17.5. The van der Waals surface area contributed by atoms with Crippen molar-refractivity contribution < 1.29 is 28.5 Å². The second-order valence-electron chi connectivity index (χ2n) is 15.2. The van der Waals surface area contributed by atoms with Gasteiger partial charge in [-0.1, -0.05) is 55.4 Å². The Hall–Kier alpha value is -0.000000000000000125. The Morgan fingerprint density at radius 2 is 1.39 bits per heavy atom. The quantitative estimate of drug-likeness (QED) is 0.0424. The zero-order valence-corrected chi connectivity index (χ0v) is 31.2. The summed E-state index contributed by atoms with van der Waals surface area (Å²) in [4.78, 5) is 12.5. The van der Waals surface area contributed by atoms with Crippen LogP contribution in [0, 0.1) is 22.2 Å². The molecule has 0 heterocycles. The van der Waals surface area contributed by atoms with E-state index in [9.17, 15) is 4.79 Å². The SMILES string of the molecule is CCC(CC(C)(C)C)C(=O)OCCOC(C)(C)CCOC(C)(I)C(C)(C)CC(C)OC(C)C(C)(C)CCOC(C)N. The number of esters is 1. The van der Waals surface area contributed by atoms with Crippen LogP contribution in [-0.4, -0.2) is 60.0 Å². The average molecular weight is 700 g/mol. The van der Waals surface area contributed by atoms with Gasteiger partial charge in [0.05, 0.1) is 36.9 Å². The van der Waals surface area contributed by atoms with Crippen LogP contribution >= 0.6 is 22.6 Å². The Bertz CT molecular complexity index is 744. The summed E-state index contributed by atoms with van der Waals surface area (Å²) in [5.74, 6) is -0.190. The van der Waals surface area contributed by atoms with Crippen LogP contribution in [0.2, 0.25) is 0 Å². The maximum atomic E-state index is 12.5. The van der Waals surface area contributed by atoms with Crippen LogP contribution in [0.25, 0.3) is 0 Å². The largest absolute Gasteiger partial charge is 0.463 e. The molecule has 0 radical (unpaired) electrons. The summed E-state index contributed by atoms with van der Waals surface area (Å²) in [7, 11) is 0. The molecule has 41 heavy (non-hydrogen) atoms. The van der Waals surface area contributed by atoms with Crippen molar-refractivity contribution in [1.82, 2.24) is 0 Å². The molecule has 0 spiro atoms. The number of rotatable bonds is 21. The summed E-state index contributed by atoms with van der Waals surface area (Å²) in [6, 6.07) is 0. The van der Waals surface area contributed by atoms with Crippen molar-refractivity contribution >= 4 is 28.6 Å². The summed E-state index contributed by atoms with van der Waals surface area (Å²) in [5.41, 5.74) is 5.28. The summed E-state index contributed by atoms with van der Waals surface area (Å²) < 4.78 is 29.7. The van der Waals surface area contributed by atoms with Gasteiger partial charge in [0.2, 0.25) is 0 Å². The topological polar surface area (TPSA) is 89.2 Å². The van der Waals surface area contributed by atoms with Gasteiger partial charge in [-0.2, -0.15) is 0 Å². The van der Waals surface area contributed by atoms with E-state index < -0.39 is 0 Å². The standard InChI is InChI=1S/C33H66INO6/c1-15-27(23-29(5,6)7)28(36)38-20-21-39-32(12,13)17-19-40-33(14,34)31(10,11)22-24(2)41-25(3)30(8,9)16-18-37-26(4)35/h24-27H,15-23,35H2,1-14H3. The fraction of sp³-hybridized carbons (Fsp3) is 0.970. The lowest BCUT2D eigenvalue weighted by atomic mass is 9.81. The lowest BCUT2D eigenvalue weighted by Crippen LogP contribution is -2.43. The lowest BCUT2D eigenvalue weighted by Gasteiger charge is -2.43. The summed E-state index contributed by atoms with van der Waals surface area (Å²) >= 11 is 2.43. The minimum absolute atomic E-state index is 0.0224. The van der Waals surface area contributed by atoms with Gasteiger partial charge in [0.1, 0.15) is 16.4 Å². The van der Waals surface area contributed by atoms with Crippen molar-refractivity contribution in [2.75, 3.05) is 26.4 Å². The highest BCUT2D eigenvalue weighted by Gasteiger charge is 2.42. The summed E-state index contributed by atoms with van der Waals surface area (Å²) in [6.07, 6.45) is 4.00.